The average Bonchev–Trinajstić information content (AvgIpc) is 2.84. The highest BCUT2D eigenvalue weighted by atomic mass is 32.2. The molecule has 1 unspecified atom stereocenters. The van der Waals surface area contributed by atoms with Gasteiger partial charge >= 0.3 is 0 Å². The van der Waals surface area contributed by atoms with E-state index in [4.69, 9.17) is 12.2 Å². The lowest BCUT2D eigenvalue weighted by atomic mass is 10.2. The Hall–Kier alpha value is -0.673. The van der Waals surface area contributed by atoms with Crippen LogP contribution in [-0.4, -0.2) is 41.4 Å². The van der Waals surface area contributed by atoms with Gasteiger partial charge in [-0.15, -0.1) is 5.54 Å². The van der Waals surface area contributed by atoms with Crippen molar-refractivity contribution in [1.29, 1.82) is 0 Å². The van der Waals surface area contributed by atoms with Crippen LogP contribution in [0.2, 0.25) is 19.6 Å². The molecule has 1 aromatic carbocycles. The Morgan fingerprint density at radius 1 is 1.35 bits per heavy atom. The lowest BCUT2D eigenvalue weighted by Gasteiger charge is -2.14. The molecule has 5 heteroatoms. The minimum atomic E-state index is -1.24. The van der Waals surface area contributed by atoms with E-state index in [1.165, 1.54) is 5.56 Å². The van der Waals surface area contributed by atoms with Crippen molar-refractivity contribution in [2.75, 3.05) is 18.8 Å². The lowest BCUT2D eigenvalue weighted by molar-refractivity contribution is 0.497. The van der Waals surface area contributed by atoms with Crippen molar-refractivity contribution in [3.05, 3.63) is 42.0 Å². The van der Waals surface area contributed by atoms with Crippen molar-refractivity contribution in [3.8, 4) is 10.8 Å². The molecule has 1 fully saturated rings. The minimum Gasteiger partial charge on any atom is -0.353 e. The molecule has 122 valence electrons. The van der Waals surface area contributed by atoms with E-state index in [-0.39, 0.29) is 0 Å². The molecule has 0 amide bonds. The topological polar surface area (TPSA) is 3.24 Å². The van der Waals surface area contributed by atoms with Crippen LogP contribution >= 0.6 is 35.7 Å². The zero-order chi connectivity index (χ0) is 16.7. The number of nitrogens with zero attached hydrogens (tertiary/aromatic N) is 1. The molecule has 0 spiro atoms. The van der Waals surface area contributed by atoms with Crippen LogP contribution in [0, 0.1) is 10.8 Å². The third-order valence-electron chi connectivity index (χ3n) is 3.15. The van der Waals surface area contributed by atoms with Crippen LogP contribution < -0.4 is 0 Å². The number of benzene rings is 1. The maximum atomic E-state index is 5.50. The summed E-state index contributed by atoms with van der Waals surface area (Å²) in [5, 5.41) is 3.85. The summed E-state index contributed by atoms with van der Waals surface area (Å²) in [7, 11) is -1.24. The molecule has 1 atom stereocenters. The van der Waals surface area contributed by atoms with Gasteiger partial charge in [0, 0.05) is 24.1 Å². The molecule has 2 rings (SSSR count). The molecule has 1 nitrogen and oxygen atoms in total. The molecule has 0 radical (unpaired) electrons. The third-order valence-corrected chi connectivity index (χ3v) is 6.89. The first-order valence-electron chi connectivity index (χ1n) is 7.75. The smallest absolute Gasteiger partial charge is 0.137 e. The van der Waals surface area contributed by atoms with Gasteiger partial charge in [-0.3, -0.25) is 0 Å². The Bertz CT molecular complexity index is 611. The first-order chi connectivity index (χ1) is 10.9. The van der Waals surface area contributed by atoms with Gasteiger partial charge in [-0.25, -0.2) is 0 Å². The van der Waals surface area contributed by atoms with E-state index in [1.54, 1.807) is 11.8 Å². The zero-order valence-electron chi connectivity index (χ0n) is 13.9. The minimum absolute atomic E-state index is 0.563. The Labute approximate surface area is 155 Å². The van der Waals surface area contributed by atoms with E-state index in [9.17, 15) is 0 Å². The van der Waals surface area contributed by atoms with Crippen LogP contribution in [0.4, 0.5) is 0 Å². The maximum Gasteiger partial charge on any atom is 0.137 e. The third kappa shape index (κ3) is 7.17. The van der Waals surface area contributed by atoms with Crippen molar-refractivity contribution in [2.24, 2.45) is 0 Å². The van der Waals surface area contributed by atoms with E-state index in [2.05, 4.69) is 71.8 Å². The maximum absolute atomic E-state index is 5.50. The Morgan fingerprint density at radius 2 is 2.09 bits per heavy atom. The molecule has 1 aromatic rings. The van der Waals surface area contributed by atoms with Gasteiger partial charge in [0.1, 0.15) is 12.4 Å². The highest BCUT2D eigenvalue weighted by molar-refractivity contribution is 8.24. The SMILES string of the molecule is C[Si](C)(C)C#CSCC1CN(C/C=C/c2ccccc2)C(=S)S1. The van der Waals surface area contributed by atoms with Gasteiger partial charge < -0.3 is 4.90 Å². The second-order valence-electron chi connectivity index (χ2n) is 6.51. The van der Waals surface area contributed by atoms with Crippen molar-refractivity contribution >= 4 is 54.2 Å². The second kappa shape index (κ2) is 8.98. The number of hydrogen-bond donors (Lipinski definition) is 0. The monoisotopic (exact) mass is 377 g/mol. The van der Waals surface area contributed by atoms with Gasteiger partial charge in [-0.1, -0.05) is 97.9 Å². The molecule has 0 saturated carbocycles. The van der Waals surface area contributed by atoms with Crippen LogP contribution in [0.5, 0.6) is 0 Å². The molecular formula is C18H23NS3Si. The average molecular weight is 378 g/mol. The number of hydrogen-bond acceptors (Lipinski definition) is 3. The Kier molecular flexibility index (Phi) is 7.29. The van der Waals surface area contributed by atoms with Gasteiger partial charge in [0.15, 0.2) is 0 Å². The van der Waals surface area contributed by atoms with Crippen molar-refractivity contribution in [3.63, 3.8) is 0 Å². The number of thioether (sulfide) groups is 2. The summed E-state index contributed by atoms with van der Waals surface area (Å²) >= 11 is 9.08. The van der Waals surface area contributed by atoms with Crippen molar-refractivity contribution in [1.82, 2.24) is 4.90 Å². The van der Waals surface area contributed by atoms with Gasteiger partial charge in [-0.2, -0.15) is 0 Å². The first kappa shape index (κ1) is 18.7. The summed E-state index contributed by atoms with van der Waals surface area (Å²) < 4.78 is 1.02. The lowest BCUT2D eigenvalue weighted by Crippen LogP contribution is -2.25. The molecule has 0 aromatic heterocycles. The van der Waals surface area contributed by atoms with Crippen molar-refractivity contribution in [2.45, 2.75) is 24.9 Å². The standard InChI is InChI=1S/C18H23NS3Si/c1-23(2,3)13-12-21-15-17-14-19(18(20)22-17)11-7-10-16-8-5-4-6-9-16/h4-10,17H,11,14-15H2,1-3H3/b10-7+. The summed E-state index contributed by atoms with van der Waals surface area (Å²) in [4.78, 5) is 2.29. The molecular weight excluding hydrogens is 354 g/mol. The first-order valence-corrected chi connectivity index (χ1v) is 13.5. The van der Waals surface area contributed by atoms with Crippen LogP contribution in [0.1, 0.15) is 5.56 Å². The summed E-state index contributed by atoms with van der Waals surface area (Å²) in [6.07, 6.45) is 4.36. The normalized spacial score (nSPS) is 18.3. The van der Waals surface area contributed by atoms with E-state index in [1.807, 2.05) is 17.8 Å². The molecule has 0 aliphatic carbocycles. The van der Waals surface area contributed by atoms with E-state index in [0.717, 1.165) is 23.2 Å². The van der Waals surface area contributed by atoms with Crippen LogP contribution in [0.15, 0.2) is 36.4 Å². The molecule has 0 N–H and O–H groups in total. The molecule has 1 heterocycles. The van der Waals surface area contributed by atoms with Crippen LogP contribution in [0.3, 0.4) is 0 Å². The summed E-state index contributed by atoms with van der Waals surface area (Å²) in [6, 6.07) is 10.4. The fourth-order valence-corrected chi connectivity index (χ4v) is 5.77. The highest BCUT2D eigenvalue weighted by Gasteiger charge is 2.26. The van der Waals surface area contributed by atoms with E-state index < -0.39 is 8.07 Å². The van der Waals surface area contributed by atoms with Crippen molar-refractivity contribution < 1.29 is 0 Å². The van der Waals surface area contributed by atoms with Crippen LogP contribution in [-0.2, 0) is 0 Å². The number of rotatable bonds is 5. The Morgan fingerprint density at radius 3 is 2.78 bits per heavy atom. The largest absolute Gasteiger partial charge is 0.353 e. The van der Waals surface area contributed by atoms with Gasteiger partial charge in [0.05, 0.1) is 0 Å². The molecule has 1 saturated heterocycles. The van der Waals surface area contributed by atoms with Gasteiger partial charge in [-0.05, 0) is 10.8 Å². The Balaban J connectivity index is 1.76. The van der Waals surface area contributed by atoms with E-state index >= 15 is 0 Å². The summed E-state index contributed by atoms with van der Waals surface area (Å²) in [5.74, 6) is 1.06. The highest BCUT2D eigenvalue weighted by Crippen LogP contribution is 2.28. The predicted octanol–water partition coefficient (Wildman–Crippen LogP) is 4.97. The molecule has 23 heavy (non-hydrogen) atoms. The fraction of sp³-hybridized carbons (Fsp3) is 0.389. The van der Waals surface area contributed by atoms with Crippen LogP contribution in [0.25, 0.3) is 6.08 Å². The second-order valence-corrected chi connectivity index (χ2v) is 14.0. The summed E-state index contributed by atoms with van der Waals surface area (Å²) in [6.45, 7) is 8.76. The fourth-order valence-electron chi connectivity index (χ4n) is 2.01. The number of thiocarbonyl (C=S) groups is 1. The van der Waals surface area contributed by atoms with Gasteiger partial charge in [0.2, 0.25) is 0 Å². The van der Waals surface area contributed by atoms with E-state index in [0.29, 0.717) is 5.25 Å². The predicted molar refractivity (Wildman–Crippen MR) is 115 cm³/mol. The zero-order valence-corrected chi connectivity index (χ0v) is 17.4. The molecule has 1 aliphatic rings. The van der Waals surface area contributed by atoms with Gasteiger partial charge in [0.25, 0.3) is 0 Å². The molecule has 0 bridgehead atoms. The summed E-state index contributed by atoms with van der Waals surface area (Å²) in [5.41, 5.74) is 4.64. The quantitative estimate of drug-likeness (QED) is 0.404. The molecule has 1 aliphatic heterocycles.